The number of ether oxygens (including phenoxy) is 1. The summed E-state index contributed by atoms with van der Waals surface area (Å²) in [6.07, 6.45) is 4.87. The van der Waals surface area contributed by atoms with Gasteiger partial charge >= 0.3 is 5.97 Å². The Balaban J connectivity index is 2.24. The Hall–Kier alpha value is -1.49. The highest BCUT2D eigenvalue weighted by Crippen LogP contribution is 2.70. The molecule has 0 aliphatic heterocycles. The van der Waals surface area contributed by atoms with Crippen LogP contribution in [-0.4, -0.2) is 35.4 Å². The van der Waals surface area contributed by atoms with Gasteiger partial charge < -0.3 is 9.84 Å². The lowest BCUT2D eigenvalue weighted by molar-refractivity contribution is -0.204. The summed E-state index contributed by atoms with van der Waals surface area (Å²) in [5, 5.41) is 10.3. The summed E-state index contributed by atoms with van der Waals surface area (Å²) in [5.41, 5.74) is -0.764. The molecule has 0 aromatic rings. The largest absolute Gasteiger partial charge is 0.462 e. The topological polar surface area (TPSA) is 80.7 Å². The lowest BCUT2D eigenvalue weighted by atomic mass is 9.37. The molecular formula is C25H38O5. The standard InChI is InChI=1S/C25H38O5/c1-15(27)12-19-23(5,14-26)10-8-17-24(6)11-9-20(29)22(3,4)18(24)13-21(25(17,19)7)30-16(2)28/h12,17-18,21,26H,8-11,13-14H2,1-7H3/b19-12+/t17?,18?,21-,23+,24-,25-/m1/s1. The Morgan fingerprint density at radius 2 is 1.73 bits per heavy atom. The van der Waals surface area contributed by atoms with Crippen molar-refractivity contribution in [1.29, 1.82) is 0 Å². The molecule has 0 aromatic heterocycles. The zero-order valence-electron chi connectivity index (χ0n) is 19.6. The molecule has 3 aliphatic rings. The number of esters is 1. The first-order valence-electron chi connectivity index (χ1n) is 11.3. The number of carbonyl (C=O) groups is 3. The van der Waals surface area contributed by atoms with E-state index < -0.39 is 22.3 Å². The van der Waals surface area contributed by atoms with Gasteiger partial charge in [-0.15, -0.1) is 0 Å². The highest BCUT2D eigenvalue weighted by Gasteiger charge is 2.67. The molecule has 2 unspecified atom stereocenters. The number of fused-ring (bicyclic) bond motifs is 3. The average molecular weight is 419 g/mol. The van der Waals surface area contributed by atoms with Crippen LogP contribution in [-0.2, 0) is 19.1 Å². The SMILES string of the molecule is CC(=O)/C=C1\[C@](C)(CO)CCC2[C@@]3(C)CCC(=O)C(C)(C)C3C[C@@H](OC(C)=O)[C@@]12C. The number of hydrogen-bond donors (Lipinski definition) is 1. The van der Waals surface area contributed by atoms with E-state index in [-0.39, 0.29) is 41.4 Å². The Morgan fingerprint density at radius 3 is 2.27 bits per heavy atom. The van der Waals surface area contributed by atoms with E-state index >= 15 is 0 Å². The summed E-state index contributed by atoms with van der Waals surface area (Å²) in [7, 11) is 0. The molecule has 6 atom stereocenters. The summed E-state index contributed by atoms with van der Waals surface area (Å²) >= 11 is 0. The molecule has 168 valence electrons. The molecule has 0 heterocycles. The fourth-order valence-electron chi connectivity index (χ4n) is 7.55. The van der Waals surface area contributed by atoms with Gasteiger partial charge in [0.1, 0.15) is 11.9 Å². The molecule has 0 radical (unpaired) electrons. The summed E-state index contributed by atoms with van der Waals surface area (Å²) in [6, 6.07) is 0. The number of aliphatic hydroxyl groups is 1. The smallest absolute Gasteiger partial charge is 0.302 e. The summed E-state index contributed by atoms with van der Waals surface area (Å²) < 4.78 is 5.95. The maximum atomic E-state index is 12.8. The van der Waals surface area contributed by atoms with E-state index in [4.69, 9.17) is 4.74 Å². The number of ketones is 2. The number of carbonyl (C=O) groups excluding carboxylic acids is 3. The van der Waals surface area contributed by atoms with Gasteiger partial charge in [0.15, 0.2) is 5.78 Å². The first-order chi connectivity index (χ1) is 13.7. The van der Waals surface area contributed by atoms with Crippen LogP contribution in [0.3, 0.4) is 0 Å². The van der Waals surface area contributed by atoms with Crippen molar-refractivity contribution >= 4 is 17.5 Å². The van der Waals surface area contributed by atoms with Crippen LogP contribution >= 0.6 is 0 Å². The van der Waals surface area contributed by atoms with Crippen molar-refractivity contribution in [1.82, 2.24) is 0 Å². The van der Waals surface area contributed by atoms with Gasteiger partial charge in [0.05, 0.1) is 6.61 Å². The van der Waals surface area contributed by atoms with Gasteiger partial charge in [-0.3, -0.25) is 14.4 Å². The molecule has 30 heavy (non-hydrogen) atoms. The average Bonchev–Trinajstić information content (AvgIpc) is 2.63. The molecule has 0 aromatic carbocycles. The number of hydrogen-bond acceptors (Lipinski definition) is 5. The normalized spacial score (nSPS) is 44.2. The van der Waals surface area contributed by atoms with Gasteiger partial charge in [-0.2, -0.15) is 0 Å². The highest BCUT2D eigenvalue weighted by atomic mass is 16.5. The minimum Gasteiger partial charge on any atom is -0.462 e. The van der Waals surface area contributed by atoms with E-state index in [1.165, 1.54) is 13.8 Å². The van der Waals surface area contributed by atoms with Crippen molar-refractivity contribution in [3.63, 3.8) is 0 Å². The third kappa shape index (κ3) is 3.19. The van der Waals surface area contributed by atoms with Gasteiger partial charge in [-0.05, 0) is 61.5 Å². The third-order valence-corrected chi connectivity index (χ3v) is 9.14. The second kappa shape index (κ2) is 7.29. The molecule has 5 heteroatoms. The van der Waals surface area contributed by atoms with Crippen LogP contribution in [0.25, 0.3) is 0 Å². The molecule has 0 saturated heterocycles. The van der Waals surface area contributed by atoms with Gasteiger partial charge in [-0.25, -0.2) is 0 Å². The van der Waals surface area contributed by atoms with Crippen molar-refractivity contribution in [2.75, 3.05) is 6.61 Å². The fourth-order valence-corrected chi connectivity index (χ4v) is 7.55. The predicted molar refractivity (Wildman–Crippen MR) is 115 cm³/mol. The second-order valence-corrected chi connectivity index (χ2v) is 11.3. The van der Waals surface area contributed by atoms with E-state index in [9.17, 15) is 19.5 Å². The molecule has 0 amide bonds. The molecule has 3 rings (SSSR count). The summed E-state index contributed by atoms with van der Waals surface area (Å²) in [4.78, 5) is 37.2. The van der Waals surface area contributed by atoms with Crippen molar-refractivity contribution in [3.8, 4) is 0 Å². The number of allylic oxidation sites excluding steroid dienone is 1. The molecule has 1 N–H and O–H groups in total. The molecule has 0 spiro atoms. The maximum Gasteiger partial charge on any atom is 0.302 e. The van der Waals surface area contributed by atoms with Crippen molar-refractivity contribution in [3.05, 3.63) is 11.6 Å². The van der Waals surface area contributed by atoms with Crippen LogP contribution in [0.4, 0.5) is 0 Å². The molecule has 5 nitrogen and oxygen atoms in total. The molecule has 3 saturated carbocycles. The van der Waals surface area contributed by atoms with Crippen LogP contribution in [0.1, 0.15) is 80.6 Å². The van der Waals surface area contributed by atoms with Crippen molar-refractivity contribution < 1.29 is 24.2 Å². The van der Waals surface area contributed by atoms with E-state index in [1.54, 1.807) is 6.08 Å². The Labute approximate surface area is 180 Å². The van der Waals surface area contributed by atoms with Gasteiger partial charge in [0.25, 0.3) is 0 Å². The first-order valence-corrected chi connectivity index (χ1v) is 11.3. The van der Waals surface area contributed by atoms with E-state index in [0.29, 0.717) is 12.8 Å². The summed E-state index contributed by atoms with van der Waals surface area (Å²) in [5.74, 6) is 0.142. The van der Waals surface area contributed by atoms with Crippen LogP contribution < -0.4 is 0 Å². The van der Waals surface area contributed by atoms with Crippen LogP contribution in [0.15, 0.2) is 11.6 Å². The Morgan fingerprint density at radius 1 is 1.10 bits per heavy atom. The zero-order chi connectivity index (χ0) is 22.7. The molecule has 3 aliphatic carbocycles. The van der Waals surface area contributed by atoms with Crippen LogP contribution in [0, 0.1) is 33.5 Å². The Kier molecular flexibility index (Phi) is 5.63. The van der Waals surface area contributed by atoms with Crippen molar-refractivity contribution in [2.45, 2.75) is 86.7 Å². The molecule has 3 fully saturated rings. The van der Waals surface area contributed by atoms with Crippen molar-refractivity contribution in [2.24, 2.45) is 33.5 Å². The number of aliphatic hydroxyl groups excluding tert-OH is 1. The lowest BCUT2D eigenvalue weighted by Gasteiger charge is -2.67. The van der Waals surface area contributed by atoms with Crippen LogP contribution in [0.5, 0.6) is 0 Å². The van der Waals surface area contributed by atoms with Gasteiger partial charge in [-0.1, -0.05) is 34.6 Å². The fraction of sp³-hybridized carbons (Fsp3) is 0.800. The minimum atomic E-state index is -0.561. The quantitative estimate of drug-likeness (QED) is 0.547. The first kappa shape index (κ1) is 23.2. The predicted octanol–water partition coefficient (Wildman–Crippen LogP) is 4.26. The number of rotatable bonds is 3. The minimum absolute atomic E-state index is 0.0503. The molecule has 0 bridgehead atoms. The van der Waals surface area contributed by atoms with E-state index in [2.05, 4.69) is 13.8 Å². The Bertz CT molecular complexity index is 795. The lowest BCUT2D eigenvalue weighted by Crippen LogP contribution is -2.65. The third-order valence-electron chi connectivity index (χ3n) is 9.14. The van der Waals surface area contributed by atoms with Gasteiger partial charge in [0, 0.05) is 29.6 Å². The zero-order valence-corrected chi connectivity index (χ0v) is 19.6. The molecular weight excluding hydrogens is 380 g/mol. The van der Waals surface area contributed by atoms with E-state index in [0.717, 1.165) is 24.8 Å². The monoisotopic (exact) mass is 418 g/mol. The van der Waals surface area contributed by atoms with Crippen LogP contribution in [0.2, 0.25) is 0 Å². The summed E-state index contributed by atoms with van der Waals surface area (Å²) in [6.45, 7) is 13.4. The maximum absolute atomic E-state index is 12.8. The van der Waals surface area contributed by atoms with Gasteiger partial charge in [0.2, 0.25) is 0 Å². The number of Topliss-reactive ketones (excluding diaryl/α,β-unsaturated/α-hetero) is 1. The highest BCUT2D eigenvalue weighted by molar-refractivity contribution is 5.88. The second-order valence-electron chi connectivity index (χ2n) is 11.3. The van der Waals surface area contributed by atoms with E-state index in [1.807, 2.05) is 20.8 Å².